The van der Waals surface area contributed by atoms with Gasteiger partial charge in [-0.25, -0.2) is 8.42 Å². The van der Waals surface area contributed by atoms with Gasteiger partial charge in [-0.3, -0.25) is 9.59 Å². The van der Waals surface area contributed by atoms with Gasteiger partial charge in [0.25, 0.3) is 0 Å². The molecule has 3 aromatic rings. The number of carbonyl (C=O) groups excluding carboxylic acids is 2. The zero-order chi connectivity index (χ0) is 24.7. The number of hydrogen-bond donors (Lipinski definition) is 2. The highest BCUT2D eigenvalue weighted by atomic mass is 32.2. The molecule has 1 atom stereocenters. The third kappa shape index (κ3) is 6.53. The lowest BCUT2D eigenvalue weighted by molar-refractivity contribution is -0.121. The second-order valence-corrected chi connectivity index (χ2v) is 11.0. The van der Waals surface area contributed by atoms with Crippen molar-refractivity contribution in [2.75, 3.05) is 18.9 Å². The maximum absolute atomic E-state index is 12.9. The van der Waals surface area contributed by atoms with E-state index >= 15 is 0 Å². The zero-order valence-corrected chi connectivity index (χ0v) is 21.1. The Hall–Kier alpha value is -3.01. The van der Waals surface area contributed by atoms with Crippen LogP contribution in [0.4, 0.5) is 5.69 Å². The van der Waals surface area contributed by atoms with Gasteiger partial charge in [0.2, 0.25) is 21.8 Å². The van der Waals surface area contributed by atoms with Crippen molar-refractivity contribution in [3.05, 3.63) is 82.0 Å². The number of amides is 2. The summed E-state index contributed by atoms with van der Waals surface area (Å²) in [4.78, 5) is 25.1. The number of likely N-dealkylation sites (N-methyl/N-ethyl adjacent to an activating group) is 1. The van der Waals surface area contributed by atoms with Crippen LogP contribution in [0.5, 0.6) is 0 Å². The van der Waals surface area contributed by atoms with Crippen LogP contribution < -0.4 is 10.6 Å². The van der Waals surface area contributed by atoms with Gasteiger partial charge in [-0.2, -0.15) is 4.31 Å². The van der Waals surface area contributed by atoms with Gasteiger partial charge in [-0.15, -0.1) is 11.3 Å². The van der Waals surface area contributed by atoms with Crippen LogP contribution in [0.2, 0.25) is 0 Å². The summed E-state index contributed by atoms with van der Waals surface area (Å²) in [6.45, 7) is 3.18. The van der Waals surface area contributed by atoms with Gasteiger partial charge in [0, 0.05) is 24.5 Å². The van der Waals surface area contributed by atoms with Crippen LogP contribution in [0, 0.1) is 0 Å². The quantitative estimate of drug-likeness (QED) is 0.437. The summed E-state index contributed by atoms with van der Waals surface area (Å²) < 4.78 is 26.9. The van der Waals surface area contributed by atoms with Crippen LogP contribution in [-0.4, -0.2) is 38.1 Å². The van der Waals surface area contributed by atoms with Crippen molar-refractivity contribution in [3.8, 4) is 0 Å². The molecule has 0 fully saturated rings. The molecule has 0 saturated heterocycles. The van der Waals surface area contributed by atoms with Crippen molar-refractivity contribution in [3.63, 3.8) is 0 Å². The number of thiophene rings is 1. The van der Waals surface area contributed by atoms with Crippen molar-refractivity contribution < 1.29 is 18.0 Å². The Labute approximate surface area is 204 Å². The van der Waals surface area contributed by atoms with E-state index < -0.39 is 15.9 Å². The predicted molar refractivity (Wildman–Crippen MR) is 135 cm³/mol. The van der Waals surface area contributed by atoms with Crippen molar-refractivity contribution in [1.29, 1.82) is 0 Å². The van der Waals surface area contributed by atoms with Crippen LogP contribution in [0.25, 0.3) is 0 Å². The monoisotopic (exact) mass is 499 g/mol. The number of anilines is 1. The van der Waals surface area contributed by atoms with Crippen LogP contribution in [0.3, 0.4) is 0 Å². The maximum Gasteiger partial charge on any atom is 0.243 e. The number of carbonyl (C=O) groups is 2. The van der Waals surface area contributed by atoms with E-state index in [2.05, 4.69) is 29.7 Å². The molecule has 9 heteroatoms. The highest BCUT2D eigenvalue weighted by molar-refractivity contribution is 7.89. The minimum atomic E-state index is -3.88. The average molecular weight is 500 g/mol. The van der Waals surface area contributed by atoms with E-state index in [1.54, 1.807) is 0 Å². The molecule has 0 bridgehead atoms. The smallest absolute Gasteiger partial charge is 0.243 e. The fraction of sp³-hybridized carbons (Fsp3) is 0.280. The molecular formula is C25H29N3O4S2. The summed E-state index contributed by atoms with van der Waals surface area (Å²) in [5.74, 6) is -0.651. The van der Waals surface area contributed by atoms with Crippen LogP contribution in [0.15, 0.2) is 70.9 Å². The fourth-order valence-corrected chi connectivity index (χ4v) is 5.46. The van der Waals surface area contributed by atoms with Crippen LogP contribution >= 0.6 is 11.3 Å². The molecule has 2 aromatic carbocycles. The molecule has 0 aliphatic heterocycles. The average Bonchev–Trinajstić information content (AvgIpc) is 3.33. The molecule has 0 aliphatic rings. The summed E-state index contributed by atoms with van der Waals surface area (Å²) in [5, 5.41) is 7.53. The summed E-state index contributed by atoms with van der Waals surface area (Å²) in [6, 6.07) is 17.5. The van der Waals surface area contributed by atoms with E-state index in [0.717, 1.165) is 27.6 Å². The Morgan fingerprint density at radius 1 is 1.03 bits per heavy atom. The van der Waals surface area contributed by atoms with Gasteiger partial charge in [-0.1, -0.05) is 43.7 Å². The van der Waals surface area contributed by atoms with Gasteiger partial charge in [-0.05, 0) is 53.3 Å². The van der Waals surface area contributed by atoms with Crippen molar-refractivity contribution in [1.82, 2.24) is 9.62 Å². The van der Waals surface area contributed by atoms with Crippen LogP contribution in [0.1, 0.15) is 42.3 Å². The summed E-state index contributed by atoms with van der Waals surface area (Å²) in [5.41, 5.74) is 2.67. The largest absolute Gasteiger partial charge is 0.343 e. The fourth-order valence-electron chi connectivity index (χ4n) is 3.53. The van der Waals surface area contributed by atoms with Gasteiger partial charge in [0.05, 0.1) is 17.5 Å². The van der Waals surface area contributed by atoms with E-state index in [4.69, 9.17) is 0 Å². The van der Waals surface area contributed by atoms with Gasteiger partial charge >= 0.3 is 0 Å². The SMILES string of the molecule is CCCc1ccc(C(NC(=O)CN(C)S(=O)(=O)c2ccc(NC(C)=O)cc2)c2cccs2)cc1. The number of nitrogens with one attached hydrogen (secondary N) is 2. The molecule has 1 unspecified atom stereocenters. The Balaban J connectivity index is 1.72. The number of rotatable bonds is 10. The second kappa shape index (κ2) is 11.4. The molecular weight excluding hydrogens is 470 g/mol. The Morgan fingerprint density at radius 3 is 2.26 bits per heavy atom. The Kier molecular flexibility index (Phi) is 8.60. The molecule has 0 aliphatic carbocycles. The minimum absolute atomic E-state index is 0.0400. The zero-order valence-electron chi connectivity index (χ0n) is 19.4. The maximum atomic E-state index is 12.9. The van der Waals surface area contributed by atoms with E-state index in [1.807, 2.05) is 29.6 Å². The first-order valence-electron chi connectivity index (χ1n) is 11.0. The number of hydrogen-bond acceptors (Lipinski definition) is 5. The predicted octanol–water partition coefficient (Wildman–Crippen LogP) is 4.19. The lowest BCUT2D eigenvalue weighted by Gasteiger charge is -2.21. The number of sulfonamides is 1. The first kappa shape index (κ1) is 25.6. The second-order valence-electron chi connectivity index (χ2n) is 7.97. The summed E-state index contributed by atoms with van der Waals surface area (Å²) in [6.07, 6.45) is 2.05. The molecule has 7 nitrogen and oxygen atoms in total. The normalized spacial score (nSPS) is 12.4. The van der Waals surface area contributed by atoms with Crippen molar-refractivity contribution in [2.45, 2.75) is 37.6 Å². The molecule has 34 heavy (non-hydrogen) atoms. The number of benzene rings is 2. The minimum Gasteiger partial charge on any atom is -0.343 e. The van der Waals surface area contributed by atoms with E-state index in [-0.39, 0.29) is 23.4 Å². The highest BCUT2D eigenvalue weighted by Crippen LogP contribution is 2.27. The van der Waals surface area contributed by atoms with Crippen molar-refractivity contribution in [2.24, 2.45) is 0 Å². The Bertz CT molecular complexity index is 1210. The highest BCUT2D eigenvalue weighted by Gasteiger charge is 2.25. The molecule has 1 aromatic heterocycles. The van der Waals surface area contributed by atoms with Crippen molar-refractivity contribution >= 4 is 38.9 Å². The lowest BCUT2D eigenvalue weighted by Crippen LogP contribution is -2.40. The van der Waals surface area contributed by atoms with E-state index in [9.17, 15) is 18.0 Å². The van der Waals surface area contributed by atoms with Gasteiger partial charge in [0.1, 0.15) is 0 Å². The number of aryl methyl sites for hydroxylation is 1. The summed E-state index contributed by atoms with van der Waals surface area (Å²) >= 11 is 1.53. The molecule has 0 spiro atoms. The molecule has 2 N–H and O–H groups in total. The number of nitrogens with zero attached hydrogens (tertiary/aromatic N) is 1. The molecule has 2 amide bonds. The Morgan fingerprint density at radius 2 is 1.71 bits per heavy atom. The lowest BCUT2D eigenvalue weighted by atomic mass is 10.0. The molecule has 3 rings (SSSR count). The molecule has 0 radical (unpaired) electrons. The first-order chi connectivity index (χ1) is 16.2. The molecule has 1 heterocycles. The van der Waals surface area contributed by atoms with Gasteiger partial charge in [0.15, 0.2) is 0 Å². The topological polar surface area (TPSA) is 95.6 Å². The van der Waals surface area contributed by atoms with Gasteiger partial charge < -0.3 is 10.6 Å². The summed E-state index contributed by atoms with van der Waals surface area (Å²) in [7, 11) is -2.51. The molecule has 180 valence electrons. The van der Waals surface area contributed by atoms with Crippen LogP contribution in [-0.2, 0) is 26.0 Å². The molecule has 0 saturated carbocycles. The van der Waals surface area contributed by atoms with E-state index in [0.29, 0.717) is 5.69 Å². The standard InChI is InChI=1S/C25H29N3O4S2/c1-4-6-19-8-10-20(11-9-19)25(23-7-5-16-33-23)27-24(30)17-28(3)34(31,32)22-14-12-21(13-15-22)26-18(2)29/h5,7-16,25H,4,6,17H2,1-3H3,(H,26,29)(H,27,30). The van der Waals surface area contributed by atoms with E-state index in [1.165, 1.54) is 55.1 Å². The third-order valence-electron chi connectivity index (χ3n) is 5.23. The first-order valence-corrected chi connectivity index (χ1v) is 13.3. The third-order valence-corrected chi connectivity index (χ3v) is 7.99.